The van der Waals surface area contributed by atoms with Crippen LogP contribution in [0.4, 0.5) is 11.4 Å². The molecule has 338 valence electrons. The van der Waals surface area contributed by atoms with E-state index >= 15 is 0 Å². The van der Waals surface area contributed by atoms with Gasteiger partial charge in [0.1, 0.15) is 21.5 Å². The molecule has 3 heterocycles. The molecule has 1 saturated heterocycles. The van der Waals surface area contributed by atoms with E-state index in [9.17, 15) is 20.4 Å². The largest absolute Gasteiger partial charge is 1.00 e. The quantitative estimate of drug-likeness (QED) is 0.100. The van der Waals surface area contributed by atoms with Crippen LogP contribution in [0.3, 0.4) is 0 Å². The number of thiocarbonyl (C=S) groups is 2. The number of carbonyl (C=O) groups is 2. The second-order valence-corrected chi connectivity index (χ2v) is 17.2. The van der Waals surface area contributed by atoms with E-state index in [1.54, 1.807) is 98.8 Å². The number of carbonyl (C=O) groups excluding carboxylic acids is 2. The van der Waals surface area contributed by atoms with Gasteiger partial charge in [-0.2, -0.15) is 0 Å². The Morgan fingerprint density at radius 1 is 0.708 bits per heavy atom. The standard InChI is InChI=1S/2C21H16Cl2N3O2S.C5H11NO/c2*1-11-18(20(27)26-16-5-3-4-6-17(16)28-2)19(14(10-24)21(29)25-11)13-8-7-12(22)9-15(13)23;1-6-2-4-7-5-3-6/h2*3-9,18-19H,1-2H3,(H,26,27);2-5H2,1H3/q2*-1;/p+2. The Morgan fingerprint density at radius 3 is 1.42 bits per heavy atom. The molecule has 0 saturated carbocycles. The zero-order chi connectivity index (χ0) is 47.4. The van der Waals surface area contributed by atoms with Crippen molar-refractivity contribution < 1.29 is 26.7 Å². The maximum atomic E-state index is 13.3. The molecule has 4 unspecified atom stereocenters. The number of rotatable bonds is 8. The fourth-order valence-corrected chi connectivity index (χ4v) is 9.01. The summed E-state index contributed by atoms with van der Waals surface area (Å²) in [5.41, 5.74) is 3.63. The van der Waals surface area contributed by atoms with Crippen molar-refractivity contribution in [2.24, 2.45) is 21.8 Å². The van der Waals surface area contributed by atoms with Crippen molar-refractivity contribution in [1.82, 2.24) is 4.90 Å². The van der Waals surface area contributed by atoms with E-state index in [2.05, 4.69) is 44.3 Å². The number of morpholine rings is 1. The SMILES string of the molecule is CN1CCOCC1.COc1ccccc1NC(=O)C1C(C)=NC(=S)C(=C=[N-])C1c1ccc(Cl)cc1Cl.COc1ccccc1NC(=O)C1C(C)=NC(=S)C(=C=[N-])C1c1ccc(Cl)cc1Cl.[H+].[H+]. The van der Waals surface area contributed by atoms with Crippen LogP contribution in [-0.4, -0.2) is 97.4 Å². The van der Waals surface area contributed by atoms with Gasteiger partial charge < -0.3 is 40.6 Å². The minimum Gasteiger partial charge on any atom is -0.763 e. The van der Waals surface area contributed by atoms with E-state index in [1.165, 1.54) is 14.2 Å². The third-order valence-electron chi connectivity index (χ3n) is 10.6. The molecule has 0 radical (unpaired) electrons. The molecule has 65 heavy (non-hydrogen) atoms. The molecule has 4 aromatic rings. The van der Waals surface area contributed by atoms with Crippen LogP contribution >= 0.6 is 70.8 Å². The monoisotopic (exact) mass is 991 g/mol. The number of likely N-dealkylation sites (N-methyl/N-ethyl adjacent to an activating group) is 1. The fourth-order valence-electron chi connectivity index (χ4n) is 7.33. The summed E-state index contributed by atoms with van der Waals surface area (Å²) >= 11 is 35.5. The summed E-state index contributed by atoms with van der Waals surface area (Å²) in [5, 5.41) is 26.8. The lowest BCUT2D eigenvalue weighted by Crippen LogP contribution is -2.39. The average Bonchev–Trinajstić information content (AvgIpc) is 3.27. The van der Waals surface area contributed by atoms with Crippen LogP contribution in [-0.2, 0) is 14.3 Å². The number of anilines is 2. The average molecular weight is 994 g/mol. The zero-order valence-electron chi connectivity index (χ0n) is 37.8. The predicted molar refractivity (Wildman–Crippen MR) is 274 cm³/mol. The van der Waals surface area contributed by atoms with Crippen LogP contribution in [0.5, 0.6) is 11.5 Å². The molecule has 4 atom stereocenters. The maximum Gasteiger partial charge on any atom is 1.00 e. The third-order valence-corrected chi connectivity index (χ3v) is 12.3. The molecule has 3 aliphatic heterocycles. The van der Waals surface area contributed by atoms with Crippen LogP contribution in [0.25, 0.3) is 10.8 Å². The fraction of sp³-hybridized carbons (Fsp3) is 0.277. The van der Waals surface area contributed by atoms with Crippen molar-refractivity contribution >= 4 is 127 Å². The van der Waals surface area contributed by atoms with Gasteiger partial charge in [0, 0.05) is 67.6 Å². The van der Waals surface area contributed by atoms with E-state index in [1.807, 2.05) is 0 Å². The first kappa shape index (κ1) is 50.9. The molecule has 12 nitrogen and oxygen atoms in total. The number of nitrogens with one attached hydrogen (secondary N) is 2. The minimum absolute atomic E-state index is 0. The van der Waals surface area contributed by atoms with Gasteiger partial charge in [0.25, 0.3) is 0 Å². The van der Waals surface area contributed by atoms with Gasteiger partial charge in [-0.1, -0.05) is 107 Å². The molecule has 1 fully saturated rings. The van der Waals surface area contributed by atoms with Crippen molar-refractivity contribution in [1.29, 1.82) is 0 Å². The van der Waals surface area contributed by atoms with E-state index in [0.717, 1.165) is 26.3 Å². The van der Waals surface area contributed by atoms with E-state index in [0.29, 0.717) is 65.5 Å². The molecule has 2 amide bonds. The Bertz CT molecular complexity index is 2480. The first-order valence-corrected chi connectivity index (χ1v) is 22.2. The highest BCUT2D eigenvalue weighted by Crippen LogP contribution is 2.43. The minimum atomic E-state index is -0.778. The van der Waals surface area contributed by atoms with Crippen LogP contribution in [0.15, 0.2) is 106 Å². The van der Waals surface area contributed by atoms with Gasteiger partial charge in [-0.25, -0.2) is 9.98 Å². The Labute approximate surface area is 411 Å². The predicted octanol–water partition coefficient (Wildman–Crippen LogP) is 10.8. The second kappa shape index (κ2) is 23.9. The molecule has 0 spiro atoms. The van der Waals surface area contributed by atoms with Gasteiger partial charge in [-0.15, -0.1) is 0 Å². The molecular formula is C47H45Cl4N7O5S2. The highest BCUT2D eigenvalue weighted by molar-refractivity contribution is 7.81. The van der Waals surface area contributed by atoms with Crippen molar-refractivity contribution in [3.63, 3.8) is 0 Å². The van der Waals surface area contributed by atoms with E-state index in [4.69, 9.17) is 85.1 Å². The molecule has 3 aliphatic rings. The maximum absolute atomic E-state index is 13.3. The smallest absolute Gasteiger partial charge is 0.763 e. The van der Waals surface area contributed by atoms with Gasteiger partial charge >= 0.3 is 2.85 Å². The van der Waals surface area contributed by atoms with Crippen LogP contribution in [0.1, 0.15) is 39.7 Å². The highest BCUT2D eigenvalue weighted by Gasteiger charge is 2.41. The van der Waals surface area contributed by atoms with Gasteiger partial charge in [-0.05, 0) is 80.6 Å². The van der Waals surface area contributed by atoms with Gasteiger partial charge in [0.15, 0.2) is 0 Å². The summed E-state index contributed by atoms with van der Waals surface area (Å²) in [6, 6.07) is 24.0. The van der Waals surface area contributed by atoms with Crippen molar-refractivity contribution in [3.8, 4) is 11.5 Å². The normalized spacial score (nSPS) is 19.4. The molecule has 18 heteroatoms. The summed E-state index contributed by atoms with van der Waals surface area (Å²) in [6.45, 7) is 7.44. The second-order valence-electron chi connectivity index (χ2n) is 14.7. The van der Waals surface area contributed by atoms with Crippen LogP contribution in [0, 0.1) is 11.8 Å². The lowest BCUT2D eigenvalue weighted by molar-refractivity contribution is -0.119. The summed E-state index contributed by atoms with van der Waals surface area (Å²) in [6.07, 6.45) is 0. The molecule has 4 aromatic carbocycles. The Morgan fingerprint density at radius 2 is 1.09 bits per heavy atom. The Kier molecular flexibility index (Phi) is 18.7. The van der Waals surface area contributed by atoms with Crippen LogP contribution in [0.2, 0.25) is 20.1 Å². The highest BCUT2D eigenvalue weighted by atomic mass is 35.5. The molecule has 0 bridgehead atoms. The number of halogens is 4. The number of nitrogens with zero attached hydrogens (tertiary/aromatic N) is 5. The van der Waals surface area contributed by atoms with Gasteiger partial charge in [-0.3, -0.25) is 21.3 Å². The number of para-hydroxylation sites is 4. The molecular weight excluding hydrogens is 949 g/mol. The molecule has 2 N–H and O–H groups in total. The van der Waals surface area contributed by atoms with Gasteiger partial charge in [0.2, 0.25) is 11.8 Å². The lowest BCUT2D eigenvalue weighted by Gasteiger charge is -2.32. The van der Waals surface area contributed by atoms with Crippen molar-refractivity contribution in [2.75, 3.05) is 58.2 Å². The number of amides is 2. The first-order chi connectivity index (χ1) is 31.1. The molecule has 7 rings (SSSR count). The van der Waals surface area contributed by atoms with Gasteiger partial charge in [0.05, 0.1) is 50.6 Å². The summed E-state index contributed by atoms with van der Waals surface area (Å²) in [4.78, 5) is 37.7. The number of hydrogen-bond donors (Lipinski definition) is 2. The number of benzene rings is 4. The zero-order valence-corrected chi connectivity index (χ0v) is 40.5. The van der Waals surface area contributed by atoms with Crippen molar-refractivity contribution in [2.45, 2.75) is 25.7 Å². The lowest BCUT2D eigenvalue weighted by atomic mass is 9.76. The number of ether oxygens (including phenoxy) is 3. The number of aliphatic imine (C=N–C) groups is 2. The van der Waals surface area contributed by atoms with E-state index < -0.39 is 23.7 Å². The summed E-state index contributed by atoms with van der Waals surface area (Å²) in [7, 11) is 5.16. The third kappa shape index (κ3) is 12.6. The summed E-state index contributed by atoms with van der Waals surface area (Å²) < 4.78 is 15.7. The first-order valence-electron chi connectivity index (χ1n) is 19.9. The number of methoxy groups -OCH3 is 2. The van der Waals surface area contributed by atoms with E-state index in [-0.39, 0.29) is 35.8 Å². The Balaban J connectivity index is 0.000000302. The summed E-state index contributed by atoms with van der Waals surface area (Å²) in [5.74, 6) is 1.66. The molecule has 0 aromatic heterocycles. The Hall–Kier alpha value is -5.08. The van der Waals surface area contributed by atoms with Crippen LogP contribution < -0.4 is 20.1 Å². The topological polar surface area (TPSA) is 158 Å². The van der Waals surface area contributed by atoms with Crippen molar-refractivity contribution in [3.05, 3.63) is 138 Å². The number of hydrogen-bond acceptors (Lipinski definition) is 8. The molecule has 0 aliphatic carbocycles.